The van der Waals surface area contributed by atoms with Crippen LogP contribution in [0.1, 0.15) is 33.8 Å². The lowest BCUT2D eigenvalue weighted by molar-refractivity contribution is 0.0731. The van der Waals surface area contributed by atoms with E-state index in [4.69, 9.17) is 10.2 Å². The molecule has 0 spiro atoms. The van der Waals surface area contributed by atoms with E-state index in [-0.39, 0.29) is 5.91 Å². The number of carbonyl (C=O) groups excluding carboxylic acids is 1. The highest BCUT2D eigenvalue weighted by Gasteiger charge is 2.33. The van der Waals surface area contributed by atoms with Crippen molar-refractivity contribution in [1.29, 1.82) is 0 Å². The van der Waals surface area contributed by atoms with E-state index in [1.54, 1.807) is 17.4 Å². The van der Waals surface area contributed by atoms with Crippen molar-refractivity contribution in [3.05, 3.63) is 46.0 Å². The molecule has 0 saturated heterocycles. The first kappa shape index (κ1) is 12.4. The number of carbonyl (C=O) groups is 1. The van der Waals surface area contributed by atoms with Crippen LogP contribution in [0.4, 0.5) is 0 Å². The van der Waals surface area contributed by atoms with E-state index in [0.29, 0.717) is 30.5 Å². The van der Waals surface area contributed by atoms with Gasteiger partial charge in [0, 0.05) is 10.9 Å². The molecule has 0 bridgehead atoms. The molecule has 5 heteroatoms. The van der Waals surface area contributed by atoms with Gasteiger partial charge in [-0.15, -0.1) is 11.3 Å². The molecule has 0 atom stereocenters. The highest BCUT2D eigenvalue weighted by atomic mass is 32.1. The summed E-state index contributed by atoms with van der Waals surface area (Å²) in [4.78, 5) is 15.7. The van der Waals surface area contributed by atoms with E-state index in [2.05, 4.69) is 6.07 Å². The Morgan fingerprint density at radius 3 is 2.95 bits per heavy atom. The highest BCUT2D eigenvalue weighted by molar-refractivity contribution is 7.09. The molecule has 1 saturated carbocycles. The number of nitrogens with two attached hydrogens (primary N) is 1. The van der Waals surface area contributed by atoms with Gasteiger partial charge < -0.3 is 15.1 Å². The average Bonchev–Trinajstić information content (AvgIpc) is 2.95. The molecule has 2 aromatic rings. The van der Waals surface area contributed by atoms with E-state index in [9.17, 15) is 4.79 Å². The van der Waals surface area contributed by atoms with E-state index in [1.807, 2.05) is 16.3 Å². The maximum absolute atomic E-state index is 12.5. The second-order valence-electron chi connectivity index (χ2n) is 4.75. The van der Waals surface area contributed by atoms with Gasteiger partial charge in [0.2, 0.25) is 0 Å². The molecule has 1 amide bonds. The Kier molecular flexibility index (Phi) is 3.40. The van der Waals surface area contributed by atoms with Crippen LogP contribution in [0.5, 0.6) is 0 Å². The fourth-order valence-electron chi connectivity index (χ4n) is 2.09. The second kappa shape index (κ2) is 5.19. The van der Waals surface area contributed by atoms with Crippen molar-refractivity contribution in [2.75, 3.05) is 0 Å². The zero-order valence-corrected chi connectivity index (χ0v) is 11.4. The lowest BCUT2D eigenvalue weighted by atomic mass is 10.2. The van der Waals surface area contributed by atoms with E-state index >= 15 is 0 Å². The summed E-state index contributed by atoms with van der Waals surface area (Å²) in [5.74, 6) is 0.689. The Balaban J connectivity index is 1.77. The maximum atomic E-state index is 12.5. The third-order valence-corrected chi connectivity index (χ3v) is 4.12. The Labute approximate surface area is 115 Å². The predicted molar refractivity (Wildman–Crippen MR) is 73.8 cm³/mol. The standard InChI is InChI=1S/C14H16N2O2S/c15-7-12-6-10(9-18-12)14(17)16(11-3-4-11)8-13-2-1-5-19-13/h1-2,5-6,9,11H,3-4,7-8,15H2. The molecule has 0 unspecified atom stereocenters. The van der Waals surface area contributed by atoms with Gasteiger partial charge in [-0.1, -0.05) is 6.07 Å². The van der Waals surface area contributed by atoms with Crippen LogP contribution in [0.3, 0.4) is 0 Å². The largest absolute Gasteiger partial charge is 0.467 e. The number of furan rings is 1. The third-order valence-electron chi connectivity index (χ3n) is 3.26. The van der Waals surface area contributed by atoms with Crippen molar-refractivity contribution in [1.82, 2.24) is 4.90 Å². The quantitative estimate of drug-likeness (QED) is 0.913. The monoisotopic (exact) mass is 276 g/mol. The minimum absolute atomic E-state index is 0.0411. The summed E-state index contributed by atoms with van der Waals surface area (Å²) in [5.41, 5.74) is 6.11. The fourth-order valence-corrected chi connectivity index (χ4v) is 2.79. The van der Waals surface area contributed by atoms with Gasteiger partial charge in [-0.25, -0.2) is 0 Å². The van der Waals surface area contributed by atoms with E-state index < -0.39 is 0 Å². The van der Waals surface area contributed by atoms with Gasteiger partial charge >= 0.3 is 0 Å². The zero-order valence-electron chi connectivity index (χ0n) is 10.5. The SMILES string of the molecule is NCc1cc(C(=O)N(Cc2cccs2)C2CC2)co1. The number of thiophene rings is 1. The lowest BCUT2D eigenvalue weighted by Gasteiger charge is -2.20. The molecule has 0 radical (unpaired) electrons. The van der Waals surface area contributed by atoms with Crippen molar-refractivity contribution < 1.29 is 9.21 Å². The van der Waals surface area contributed by atoms with Crippen molar-refractivity contribution in [2.24, 2.45) is 5.73 Å². The van der Waals surface area contributed by atoms with Crippen molar-refractivity contribution in [3.63, 3.8) is 0 Å². The third kappa shape index (κ3) is 2.72. The number of nitrogens with zero attached hydrogens (tertiary/aromatic N) is 1. The average molecular weight is 276 g/mol. The Hall–Kier alpha value is -1.59. The minimum atomic E-state index is 0.0411. The summed E-state index contributed by atoms with van der Waals surface area (Å²) < 4.78 is 5.25. The molecule has 0 aliphatic heterocycles. The van der Waals surface area contributed by atoms with Crippen LogP contribution in [-0.2, 0) is 13.1 Å². The number of amides is 1. The van der Waals surface area contributed by atoms with Crippen molar-refractivity contribution in [2.45, 2.75) is 32.0 Å². The van der Waals surface area contributed by atoms with Gasteiger partial charge in [-0.3, -0.25) is 4.79 Å². The van der Waals surface area contributed by atoms with Crippen LogP contribution < -0.4 is 5.73 Å². The molecule has 1 aliphatic rings. The molecule has 2 N–H and O–H groups in total. The maximum Gasteiger partial charge on any atom is 0.257 e. The summed E-state index contributed by atoms with van der Waals surface area (Å²) in [6.45, 7) is 1.01. The van der Waals surface area contributed by atoms with Crippen LogP contribution in [0.25, 0.3) is 0 Å². The molecule has 4 nitrogen and oxygen atoms in total. The fraction of sp³-hybridized carbons (Fsp3) is 0.357. The first-order valence-corrected chi connectivity index (χ1v) is 7.26. The van der Waals surface area contributed by atoms with Crippen molar-refractivity contribution >= 4 is 17.2 Å². The Morgan fingerprint density at radius 2 is 2.37 bits per heavy atom. The molecule has 100 valence electrons. The summed E-state index contributed by atoms with van der Waals surface area (Å²) in [7, 11) is 0. The van der Waals surface area contributed by atoms with Gasteiger partial charge in [-0.2, -0.15) is 0 Å². The number of rotatable bonds is 5. The van der Waals surface area contributed by atoms with Gasteiger partial charge in [0.1, 0.15) is 12.0 Å². The van der Waals surface area contributed by atoms with Gasteiger partial charge in [0.05, 0.1) is 18.7 Å². The molecule has 2 aromatic heterocycles. The molecule has 19 heavy (non-hydrogen) atoms. The molecule has 3 rings (SSSR count). The van der Waals surface area contributed by atoms with E-state index in [1.165, 1.54) is 11.1 Å². The predicted octanol–water partition coefficient (Wildman–Crippen LogP) is 2.60. The first-order valence-electron chi connectivity index (χ1n) is 6.39. The molecule has 1 aliphatic carbocycles. The smallest absolute Gasteiger partial charge is 0.257 e. The summed E-state index contributed by atoms with van der Waals surface area (Å²) in [6, 6.07) is 6.20. The van der Waals surface area contributed by atoms with Crippen LogP contribution in [0, 0.1) is 0 Å². The number of hydrogen-bond acceptors (Lipinski definition) is 4. The number of hydrogen-bond donors (Lipinski definition) is 1. The van der Waals surface area contributed by atoms with Crippen molar-refractivity contribution in [3.8, 4) is 0 Å². The van der Waals surface area contributed by atoms with Crippen LogP contribution in [0.2, 0.25) is 0 Å². The Bertz CT molecular complexity index is 558. The molecule has 2 heterocycles. The van der Waals surface area contributed by atoms with Gasteiger partial charge in [0.25, 0.3) is 5.91 Å². The summed E-state index contributed by atoms with van der Waals surface area (Å²) in [5, 5.41) is 2.04. The van der Waals surface area contributed by atoms with Gasteiger partial charge in [-0.05, 0) is 30.4 Å². The second-order valence-corrected chi connectivity index (χ2v) is 5.78. The minimum Gasteiger partial charge on any atom is -0.467 e. The van der Waals surface area contributed by atoms with E-state index in [0.717, 1.165) is 12.8 Å². The normalized spacial score (nSPS) is 14.6. The molecule has 1 fully saturated rings. The summed E-state index contributed by atoms with van der Waals surface area (Å²) >= 11 is 1.68. The highest BCUT2D eigenvalue weighted by Crippen LogP contribution is 2.30. The lowest BCUT2D eigenvalue weighted by Crippen LogP contribution is -2.32. The summed E-state index contributed by atoms with van der Waals surface area (Å²) in [6.07, 6.45) is 3.70. The molecular weight excluding hydrogens is 260 g/mol. The first-order chi connectivity index (χ1) is 9.28. The van der Waals surface area contributed by atoms with Gasteiger partial charge in [0.15, 0.2) is 0 Å². The van der Waals surface area contributed by atoms with Crippen LogP contribution in [0.15, 0.2) is 34.3 Å². The van der Waals surface area contributed by atoms with Crippen LogP contribution in [-0.4, -0.2) is 16.8 Å². The topological polar surface area (TPSA) is 59.5 Å². The van der Waals surface area contributed by atoms with Crippen LogP contribution >= 0.6 is 11.3 Å². The molecular formula is C14H16N2O2S. The Morgan fingerprint density at radius 1 is 1.53 bits per heavy atom. The molecule has 0 aromatic carbocycles. The zero-order chi connectivity index (χ0) is 13.2.